The summed E-state index contributed by atoms with van der Waals surface area (Å²) in [5, 5.41) is 14.9. The number of hydrogen-bond acceptors (Lipinski definition) is 9. The lowest BCUT2D eigenvalue weighted by atomic mass is 9.55. The maximum atomic E-state index is 10.3. The average Bonchev–Trinajstić information content (AvgIpc) is 3.78. The number of fused-ring (bicyclic) bond motifs is 5. The number of nitrogens with zero attached hydrogens (tertiary/aromatic N) is 2. The van der Waals surface area contributed by atoms with Crippen LogP contribution in [0.15, 0.2) is 11.4 Å². The van der Waals surface area contributed by atoms with Gasteiger partial charge in [-0.15, -0.1) is 0 Å². The van der Waals surface area contributed by atoms with Crippen LogP contribution in [0.2, 0.25) is 0 Å². The molecule has 3 heterocycles. The van der Waals surface area contributed by atoms with Gasteiger partial charge in [0.1, 0.15) is 11.3 Å². The molecule has 0 aromatic carbocycles. The number of hydrazine groups is 1. The van der Waals surface area contributed by atoms with E-state index in [1.807, 2.05) is 26.0 Å². The minimum Gasteiger partial charge on any atom is -0.394 e. The molecule has 0 aromatic rings. The van der Waals surface area contributed by atoms with Gasteiger partial charge in [0.05, 0.1) is 24.2 Å². The molecule has 5 saturated carbocycles. The molecule has 9 heteroatoms. The molecule has 13 atom stereocenters. The molecule has 0 amide bonds. The van der Waals surface area contributed by atoms with E-state index in [1.54, 1.807) is 11.4 Å². The second-order valence-electron chi connectivity index (χ2n) is 17.8. The van der Waals surface area contributed by atoms with Gasteiger partial charge in [0.2, 0.25) is 0 Å². The van der Waals surface area contributed by atoms with Gasteiger partial charge in [-0.25, -0.2) is 10.9 Å². The zero-order valence-electron chi connectivity index (χ0n) is 31.9. The molecule has 8 rings (SSSR count). The molecule has 50 heavy (non-hydrogen) atoms. The van der Waals surface area contributed by atoms with Crippen LogP contribution in [0.4, 0.5) is 0 Å². The second-order valence-corrected chi connectivity index (χ2v) is 19.1. The Kier molecular flexibility index (Phi) is 11.7. The summed E-state index contributed by atoms with van der Waals surface area (Å²) in [6.45, 7) is 5.05. The van der Waals surface area contributed by atoms with Crippen molar-refractivity contribution in [3.05, 3.63) is 11.4 Å². The summed E-state index contributed by atoms with van der Waals surface area (Å²) < 4.78 is 12.2. The highest BCUT2D eigenvalue weighted by Gasteiger charge is 2.59. The van der Waals surface area contributed by atoms with Gasteiger partial charge in [-0.05, 0) is 106 Å². The highest BCUT2D eigenvalue weighted by molar-refractivity contribution is 8.00. The van der Waals surface area contributed by atoms with Gasteiger partial charge in [0, 0.05) is 50.3 Å². The first-order valence-electron chi connectivity index (χ1n) is 21.5. The van der Waals surface area contributed by atoms with E-state index in [4.69, 9.17) is 9.47 Å². The molecule has 0 aromatic heterocycles. The van der Waals surface area contributed by atoms with Crippen LogP contribution in [-0.4, -0.2) is 89.0 Å². The highest BCUT2D eigenvalue weighted by atomic mass is 32.2. The van der Waals surface area contributed by atoms with Crippen LogP contribution >= 0.6 is 11.8 Å². The molecule has 4 N–H and O–H groups in total. The minimum atomic E-state index is 0.0245. The van der Waals surface area contributed by atoms with Gasteiger partial charge in [-0.2, -0.15) is 0 Å². The molecule has 0 spiro atoms. The molecule has 8 aliphatic rings. The maximum Gasteiger partial charge on any atom is 0.143 e. The van der Waals surface area contributed by atoms with Crippen molar-refractivity contribution in [2.75, 3.05) is 20.8 Å². The number of hydrogen-bond donors (Lipinski definition) is 4. The third-order valence-corrected chi connectivity index (χ3v) is 16.7. The van der Waals surface area contributed by atoms with Gasteiger partial charge in [0.25, 0.3) is 0 Å². The SMILES string of the molecule is CCCCC1CC2C(NC3CCCCC3N2C2=C(C3CCC(OC)CC3)C3CC(OC)CCC3N2C2NNC(CO)S2)C2CCCC(CC)C12. The van der Waals surface area contributed by atoms with Gasteiger partial charge in [-0.3, -0.25) is 0 Å². The van der Waals surface area contributed by atoms with Crippen LogP contribution in [0.25, 0.3) is 0 Å². The largest absolute Gasteiger partial charge is 0.394 e. The summed E-state index contributed by atoms with van der Waals surface area (Å²) in [5.41, 5.74) is 9.18. The standard InChI is InChI=1S/C41H71N5O3S/c1-5-7-11-27-22-35-39(30-13-10-12-25(6-2)37(27)30)42-32-14-8-9-15-34(32)45(35)40-38(26-16-18-28(48-3)19-17-26)31-23-29(49-4)20-21-33(31)46(40)41-44-43-36(24-47)50-41/h25-37,39,41-44,47H,5-24H2,1-4H3. The lowest BCUT2D eigenvalue weighted by Gasteiger charge is -2.63. The van der Waals surface area contributed by atoms with Crippen LogP contribution in [0.3, 0.4) is 0 Å². The zero-order chi connectivity index (χ0) is 34.4. The number of thioether (sulfide) groups is 1. The van der Waals surface area contributed by atoms with E-state index in [1.165, 1.54) is 109 Å². The number of aliphatic hydroxyl groups is 1. The van der Waals surface area contributed by atoms with Crippen LogP contribution in [0.1, 0.15) is 136 Å². The van der Waals surface area contributed by atoms with Crippen LogP contribution < -0.4 is 16.2 Å². The maximum absolute atomic E-state index is 10.3. The molecular weight excluding hydrogens is 643 g/mol. The summed E-state index contributed by atoms with van der Waals surface area (Å²) in [7, 11) is 3.87. The van der Waals surface area contributed by atoms with Crippen LogP contribution in [0, 0.1) is 35.5 Å². The molecule has 7 fully saturated rings. The van der Waals surface area contributed by atoms with Crippen molar-refractivity contribution < 1.29 is 14.6 Å². The Bertz CT molecular complexity index is 1170. The van der Waals surface area contributed by atoms with E-state index < -0.39 is 0 Å². The molecule has 8 nitrogen and oxygen atoms in total. The topological polar surface area (TPSA) is 81.3 Å². The fourth-order valence-electron chi connectivity index (χ4n) is 13.4. The van der Waals surface area contributed by atoms with Gasteiger partial charge < -0.3 is 29.7 Å². The van der Waals surface area contributed by atoms with Crippen molar-refractivity contribution in [2.24, 2.45) is 35.5 Å². The number of aliphatic hydroxyl groups excluding tert-OH is 1. The molecule has 5 aliphatic carbocycles. The Labute approximate surface area is 308 Å². The Balaban J connectivity index is 1.27. The van der Waals surface area contributed by atoms with Crippen molar-refractivity contribution in [3.63, 3.8) is 0 Å². The molecule has 2 saturated heterocycles. The number of ether oxygens (including phenoxy) is 2. The first-order valence-corrected chi connectivity index (χ1v) is 22.4. The number of piperazine rings is 1. The monoisotopic (exact) mass is 714 g/mol. The Morgan fingerprint density at radius 2 is 1.58 bits per heavy atom. The number of nitrogens with one attached hydrogen (secondary N) is 3. The van der Waals surface area contributed by atoms with Gasteiger partial charge >= 0.3 is 0 Å². The predicted molar refractivity (Wildman–Crippen MR) is 203 cm³/mol. The van der Waals surface area contributed by atoms with Crippen molar-refractivity contribution in [2.45, 2.75) is 189 Å². The first kappa shape index (κ1) is 36.4. The molecule has 0 bridgehead atoms. The summed E-state index contributed by atoms with van der Waals surface area (Å²) in [5.74, 6) is 6.22. The van der Waals surface area contributed by atoms with E-state index in [0.717, 1.165) is 36.5 Å². The lowest BCUT2D eigenvalue weighted by molar-refractivity contribution is -0.0864. The lowest BCUT2D eigenvalue weighted by Crippen LogP contribution is -2.73. The average molecular weight is 714 g/mol. The van der Waals surface area contributed by atoms with E-state index in [9.17, 15) is 5.11 Å². The third-order valence-electron chi connectivity index (χ3n) is 15.5. The Morgan fingerprint density at radius 1 is 0.780 bits per heavy atom. The Morgan fingerprint density at radius 3 is 2.32 bits per heavy atom. The van der Waals surface area contributed by atoms with Crippen molar-refractivity contribution in [1.82, 2.24) is 26.0 Å². The van der Waals surface area contributed by atoms with Crippen molar-refractivity contribution in [3.8, 4) is 0 Å². The molecule has 0 radical (unpaired) electrons. The number of unbranched alkanes of at least 4 members (excludes halogenated alkanes) is 1. The van der Waals surface area contributed by atoms with Gasteiger partial charge in [0.15, 0.2) is 0 Å². The fraction of sp³-hybridized carbons (Fsp3) is 0.951. The van der Waals surface area contributed by atoms with Crippen molar-refractivity contribution >= 4 is 11.8 Å². The Hall–Kier alpha value is -0.550. The fourth-order valence-corrected chi connectivity index (χ4v) is 14.4. The normalized spacial score (nSPS) is 46.4. The van der Waals surface area contributed by atoms with E-state index in [2.05, 4.69) is 39.8 Å². The summed E-state index contributed by atoms with van der Waals surface area (Å²) in [4.78, 5) is 6.13. The summed E-state index contributed by atoms with van der Waals surface area (Å²) in [6, 6.07) is 2.78. The molecular formula is C41H71N5O3S. The summed E-state index contributed by atoms with van der Waals surface area (Å²) in [6.07, 6.45) is 25.5. The smallest absolute Gasteiger partial charge is 0.143 e. The van der Waals surface area contributed by atoms with E-state index in [-0.39, 0.29) is 17.5 Å². The van der Waals surface area contributed by atoms with E-state index >= 15 is 0 Å². The van der Waals surface area contributed by atoms with E-state index in [0.29, 0.717) is 54.3 Å². The second kappa shape index (κ2) is 16.0. The first-order chi connectivity index (χ1) is 24.6. The zero-order valence-corrected chi connectivity index (χ0v) is 32.7. The highest BCUT2D eigenvalue weighted by Crippen LogP contribution is 2.57. The van der Waals surface area contributed by atoms with Crippen LogP contribution in [0.5, 0.6) is 0 Å². The third kappa shape index (κ3) is 6.61. The predicted octanol–water partition coefficient (Wildman–Crippen LogP) is 6.95. The molecule has 3 aliphatic heterocycles. The van der Waals surface area contributed by atoms with Crippen molar-refractivity contribution in [1.29, 1.82) is 0 Å². The molecule has 13 unspecified atom stereocenters. The van der Waals surface area contributed by atoms with Gasteiger partial charge in [-0.1, -0.05) is 77.0 Å². The minimum absolute atomic E-state index is 0.0245. The quantitative estimate of drug-likeness (QED) is 0.192. The number of methoxy groups -OCH3 is 2. The summed E-state index contributed by atoms with van der Waals surface area (Å²) >= 11 is 1.91. The molecule has 284 valence electrons. The van der Waals surface area contributed by atoms with Crippen LogP contribution in [-0.2, 0) is 9.47 Å². The number of rotatable bonds is 10.